The second-order valence-corrected chi connectivity index (χ2v) is 7.07. The maximum absolute atomic E-state index is 12.6. The highest BCUT2D eigenvalue weighted by Gasteiger charge is 2.36. The van der Waals surface area contributed by atoms with Gasteiger partial charge in [-0.1, -0.05) is 11.6 Å². The van der Waals surface area contributed by atoms with Crippen molar-refractivity contribution in [2.75, 3.05) is 7.05 Å². The summed E-state index contributed by atoms with van der Waals surface area (Å²) in [6, 6.07) is 6.88. The molecule has 0 aromatic heterocycles. The highest BCUT2D eigenvalue weighted by molar-refractivity contribution is 9.10. The molecule has 2 aliphatic heterocycles. The first-order chi connectivity index (χ1) is 9.54. The van der Waals surface area contributed by atoms with E-state index in [0.29, 0.717) is 28.7 Å². The maximum atomic E-state index is 12.6. The molecule has 1 aromatic rings. The van der Waals surface area contributed by atoms with Crippen LogP contribution in [0.5, 0.6) is 0 Å². The minimum atomic E-state index is 0. The second-order valence-electron chi connectivity index (χ2n) is 5.81. The number of hydrogen-bond acceptors (Lipinski definition) is 2. The van der Waals surface area contributed by atoms with Gasteiger partial charge in [-0.05, 0) is 59.8 Å². The molecule has 2 saturated heterocycles. The van der Waals surface area contributed by atoms with Gasteiger partial charge in [0.25, 0.3) is 5.91 Å². The number of nitrogens with one attached hydrogen (secondary N) is 1. The van der Waals surface area contributed by atoms with Crippen LogP contribution >= 0.6 is 39.9 Å². The zero-order chi connectivity index (χ0) is 14.3. The summed E-state index contributed by atoms with van der Waals surface area (Å²) in [5.41, 5.74) is 0.689. The molecule has 116 valence electrons. The number of amides is 1. The first-order valence-corrected chi connectivity index (χ1v) is 8.20. The molecule has 1 amide bonds. The Hall–Kier alpha value is -0.290. The van der Waals surface area contributed by atoms with E-state index in [9.17, 15) is 4.79 Å². The largest absolute Gasteiger partial charge is 0.339 e. The van der Waals surface area contributed by atoms with E-state index in [-0.39, 0.29) is 18.3 Å². The number of piperidine rings is 1. The van der Waals surface area contributed by atoms with Crippen LogP contribution in [0, 0.1) is 0 Å². The average molecular weight is 394 g/mol. The zero-order valence-electron chi connectivity index (χ0n) is 11.8. The van der Waals surface area contributed by atoms with Gasteiger partial charge in [-0.15, -0.1) is 12.4 Å². The fourth-order valence-electron chi connectivity index (χ4n) is 3.34. The molecule has 3 nitrogen and oxygen atoms in total. The number of fused-ring (bicyclic) bond motifs is 2. The number of carbonyl (C=O) groups is 1. The van der Waals surface area contributed by atoms with Crippen molar-refractivity contribution in [3.63, 3.8) is 0 Å². The number of halogens is 3. The van der Waals surface area contributed by atoms with Crippen molar-refractivity contribution >= 4 is 45.8 Å². The molecular weight excluding hydrogens is 375 g/mol. The van der Waals surface area contributed by atoms with E-state index < -0.39 is 0 Å². The smallest absolute Gasteiger partial charge is 0.253 e. The SMILES string of the molecule is CN(C(=O)c1ccc(Cl)c(Br)c1)C1CC2CCC(C1)N2.Cl. The molecular formula is C15H19BrCl2N2O. The molecule has 0 saturated carbocycles. The lowest BCUT2D eigenvalue weighted by molar-refractivity contribution is 0.0681. The van der Waals surface area contributed by atoms with Crippen LogP contribution in [0.2, 0.25) is 5.02 Å². The van der Waals surface area contributed by atoms with Gasteiger partial charge in [0.15, 0.2) is 0 Å². The van der Waals surface area contributed by atoms with Gasteiger partial charge in [-0.2, -0.15) is 0 Å². The third kappa shape index (κ3) is 3.55. The molecule has 3 rings (SSSR count). The highest BCUT2D eigenvalue weighted by Crippen LogP contribution is 2.30. The number of rotatable bonds is 2. The van der Waals surface area contributed by atoms with Crippen LogP contribution in [0.4, 0.5) is 0 Å². The van der Waals surface area contributed by atoms with Crippen LogP contribution in [0.15, 0.2) is 22.7 Å². The molecule has 0 aliphatic carbocycles. The minimum Gasteiger partial charge on any atom is -0.339 e. The molecule has 2 bridgehead atoms. The van der Waals surface area contributed by atoms with Crippen LogP contribution in [-0.4, -0.2) is 36.0 Å². The van der Waals surface area contributed by atoms with Gasteiger partial charge in [0.05, 0.1) is 5.02 Å². The van der Waals surface area contributed by atoms with Crippen molar-refractivity contribution in [3.05, 3.63) is 33.3 Å². The number of hydrogen-bond donors (Lipinski definition) is 1. The van der Waals surface area contributed by atoms with Crippen molar-refractivity contribution in [2.24, 2.45) is 0 Å². The first-order valence-electron chi connectivity index (χ1n) is 7.03. The molecule has 2 fully saturated rings. The summed E-state index contributed by atoms with van der Waals surface area (Å²) >= 11 is 9.36. The van der Waals surface area contributed by atoms with Gasteiger partial charge < -0.3 is 10.2 Å². The van der Waals surface area contributed by atoms with Gasteiger partial charge in [-0.25, -0.2) is 0 Å². The average Bonchev–Trinajstić information content (AvgIpc) is 2.79. The number of nitrogens with zero attached hydrogens (tertiary/aromatic N) is 1. The van der Waals surface area contributed by atoms with E-state index in [2.05, 4.69) is 21.2 Å². The lowest BCUT2D eigenvalue weighted by Crippen LogP contribution is -2.48. The predicted molar refractivity (Wildman–Crippen MR) is 91.5 cm³/mol. The van der Waals surface area contributed by atoms with E-state index in [1.54, 1.807) is 18.2 Å². The molecule has 21 heavy (non-hydrogen) atoms. The van der Waals surface area contributed by atoms with Crippen molar-refractivity contribution in [1.82, 2.24) is 10.2 Å². The third-order valence-electron chi connectivity index (χ3n) is 4.48. The van der Waals surface area contributed by atoms with Gasteiger partial charge in [0.2, 0.25) is 0 Å². The van der Waals surface area contributed by atoms with Crippen LogP contribution < -0.4 is 5.32 Å². The van der Waals surface area contributed by atoms with Crippen LogP contribution in [-0.2, 0) is 0 Å². The summed E-state index contributed by atoms with van der Waals surface area (Å²) in [5, 5.41) is 4.24. The molecule has 0 spiro atoms. The quantitative estimate of drug-likeness (QED) is 0.826. The summed E-state index contributed by atoms with van der Waals surface area (Å²) < 4.78 is 0.767. The summed E-state index contributed by atoms with van der Waals surface area (Å²) in [7, 11) is 1.92. The molecule has 6 heteroatoms. The summed E-state index contributed by atoms with van der Waals surface area (Å²) in [5.74, 6) is 0.0775. The normalized spacial score (nSPS) is 27.1. The number of carbonyl (C=O) groups excluding carboxylic acids is 1. The minimum absolute atomic E-state index is 0. The molecule has 2 aliphatic rings. The topological polar surface area (TPSA) is 32.3 Å². The standard InChI is InChI=1S/C15H18BrClN2O.ClH/c1-19(12-7-10-3-4-11(8-12)18-10)15(20)9-2-5-14(17)13(16)6-9;/h2,5-6,10-12,18H,3-4,7-8H2,1H3;1H. The van der Waals surface area contributed by atoms with Crippen molar-refractivity contribution < 1.29 is 4.79 Å². The Morgan fingerprint density at radius 2 is 1.95 bits per heavy atom. The lowest BCUT2D eigenvalue weighted by atomic mass is 9.98. The highest BCUT2D eigenvalue weighted by atomic mass is 79.9. The maximum Gasteiger partial charge on any atom is 0.253 e. The Bertz CT molecular complexity index is 528. The first kappa shape index (κ1) is 17.1. The van der Waals surface area contributed by atoms with Crippen LogP contribution in [0.3, 0.4) is 0 Å². The van der Waals surface area contributed by atoms with E-state index >= 15 is 0 Å². The van der Waals surface area contributed by atoms with Gasteiger partial charge in [0, 0.05) is 35.2 Å². The Morgan fingerprint density at radius 1 is 1.33 bits per heavy atom. The zero-order valence-corrected chi connectivity index (χ0v) is 15.0. The Balaban J connectivity index is 0.00000161. The number of benzene rings is 1. The predicted octanol–water partition coefficient (Wildman–Crippen LogP) is 3.88. The fraction of sp³-hybridized carbons (Fsp3) is 0.533. The summed E-state index contributed by atoms with van der Waals surface area (Å²) in [6.07, 6.45) is 4.62. The van der Waals surface area contributed by atoms with E-state index in [1.165, 1.54) is 12.8 Å². The third-order valence-corrected chi connectivity index (χ3v) is 5.70. The Kier molecular flexibility index (Phi) is 5.58. The molecule has 1 aromatic carbocycles. The van der Waals surface area contributed by atoms with Crippen molar-refractivity contribution in [3.8, 4) is 0 Å². The second kappa shape index (κ2) is 6.86. The van der Waals surface area contributed by atoms with Gasteiger partial charge in [0.1, 0.15) is 0 Å². The summed E-state index contributed by atoms with van der Waals surface area (Å²) in [6.45, 7) is 0. The molecule has 1 N–H and O–H groups in total. The Labute approximate surface area is 144 Å². The van der Waals surface area contributed by atoms with E-state index in [4.69, 9.17) is 11.6 Å². The monoisotopic (exact) mass is 392 g/mol. The van der Waals surface area contributed by atoms with Crippen LogP contribution in [0.25, 0.3) is 0 Å². The van der Waals surface area contributed by atoms with Crippen LogP contribution in [0.1, 0.15) is 36.0 Å². The van der Waals surface area contributed by atoms with E-state index in [1.807, 2.05) is 11.9 Å². The lowest BCUT2D eigenvalue weighted by Gasteiger charge is -2.35. The van der Waals surface area contributed by atoms with Gasteiger partial charge in [-0.3, -0.25) is 4.79 Å². The van der Waals surface area contributed by atoms with E-state index in [0.717, 1.165) is 17.3 Å². The fourth-order valence-corrected chi connectivity index (χ4v) is 3.84. The Morgan fingerprint density at radius 3 is 2.52 bits per heavy atom. The van der Waals surface area contributed by atoms with Crippen molar-refractivity contribution in [2.45, 2.75) is 43.8 Å². The molecule has 2 heterocycles. The van der Waals surface area contributed by atoms with Gasteiger partial charge >= 0.3 is 0 Å². The summed E-state index contributed by atoms with van der Waals surface area (Å²) in [4.78, 5) is 14.5. The molecule has 0 radical (unpaired) electrons. The van der Waals surface area contributed by atoms with Crippen molar-refractivity contribution in [1.29, 1.82) is 0 Å². The molecule has 2 unspecified atom stereocenters. The molecule has 2 atom stereocenters.